The Morgan fingerprint density at radius 2 is 2.17 bits per heavy atom. The van der Waals surface area contributed by atoms with E-state index in [0.29, 0.717) is 30.8 Å². The Morgan fingerprint density at radius 1 is 1.44 bits per heavy atom. The average Bonchev–Trinajstić information content (AvgIpc) is 2.29. The van der Waals surface area contributed by atoms with Gasteiger partial charge >= 0.3 is 0 Å². The Hall–Kier alpha value is -1.31. The first-order valence-electron chi connectivity index (χ1n) is 5.50. The maximum absolute atomic E-state index is 10.7. The van der Waals surface area contributed by atoms with Crippen LogP contribution in [0.15, 0.2) is 18.2 Å². The van der Waals surface area contributed by atoms with Gasteiger partial charge in [0, 0.05) is 12.1 Å². The van der Waals surface area contributed by atoms with E-state index >= 15 is 0 Å². The number of rotatable bonds is 7. The topological polar surface area (TPSA) is 102 Å². The molecule has 1 aromatic carbocycles. The lowest BCUT2D eigenvalue weighted by Gasteiger charge is -2.09. The summed E-state index contributed by atoms with van der Waals surface area (Å²) in [4.78, 5) is 0. The Morgan fingerprint density at radius 3 is 2.78 bits per heavy atom. The Bertz CT molecular complexity index is 488. The fraction of sp³-hybridized carbons (Fsp3) is 0.455. The van der Waals surface area contributed by atoms with Gasteiger partial charge in [-0.05, 0) is 19.0 Å². The molecule has 0 spiro atoms. The normalized spacial score (nSPS) is 11.4. The molecule has 0 aliphatic heterocycles. The molecule has 0 aliphatic carbocycles. The summed E-state index contributed by atoms with van der Waals surface area (Å²) in [6, 6.07) is 5.21. The molecule has 0 heterocycles. The first-order chi connectivity index (χ1) is 8.44. The molecule has 0 atom stereocenters. The molecule has 0 aromatic heterocycles. The minimum atomic E-state index is -3.40. The van der Waals surface area contributed by atoms with E-state index in [2.05, 4.69) is 5.32 Å². The van der Waals surface area contributed by atoms with Crippen LogP contribution >= 0.6 is 0 Å². The first-order valence-corrected chi connectivity index (χ1v) is 7.21. The minimum Gasteiger partial charge on any atom is -0.504 e. The molecule has 0 unspecified atom stereocenters. The largest absolute Gasteiger partial charge is 0.504 e. The Kier molecular flexibility index (Phi) is 5.39. The summed E-state index contributed by atoms with van der Waals surface area (Å²) in [6.07, 6.45) is 0.434. The van der Waals surface area contributed by atoms with Crippen LogP contribution in [-0.2, 0) is 16.6 Å². The van der Waals surface area contributed by atoms with Gasteiger partial charge in [0.25, 0.3) is 0 Å². The number of methoxy groups -OCH3 is 1. The van der Waals surface area contributed by atoms with Gasteiger partial charge in [-0.2, -0.15) is 0 Å². The van der Waals surface area contributed by atoms with E-state index in [0.717, 1.165) is 0 Å². The molecule has 0 fully saturated rings. The number of nitrogens with two attached hydrogens (primary N) is 1. The molecule has 4 N–H and O–H groups in total. The lowest BCUT2D eigenvalue weighted by molar-refractivity contribution is 0.369. The number of aromatic hydroxyl groups is 1. The highest BCUT2D eigenvalue weighted by Crippen LogP contribution is 2.28. The third kappa shape index (κ3) is 4.91. The number of phenols is 1. The summed E-state index contributed by atoms with van der Waals surface area (Å²) in [5, 5.41) is 17.7. The lowest BCUT2D eigenvalue weighted by Crippen LogP contribution is -2.22. The zero-order valence-electron chi connectivity index (χ0n) is 10.2. The molecular weight excluding hydrogens is 256 g/mol. The standard InChI is InChI=1S/C11H18N2O4S/c1-17-10-5-2-4-9(11(10)14)8-13-6-3-7-18(12,15)16/h2,4-5,13-14H,3,6-8H2,1H3,(H2,12,15,16). The van der Waals surface area contributed by atoms with Gasteiger partial charge in [-0.25, -0.2) is 13.6 Å². The highest BCUT2D eigenvalue weighted by atomic mass is 32.2. The molecular formula is C11H18N2O4S. The van der Waals surface area contributed by atoms with Crippen LogP contribution in [-0.4, -0.2) is 32.9 Å². The predicted octanol–water partition coefficient (Wildman–Crippen LogP) is 0.169. The first kappa shape index (κ1) is 14.7. The molecule has 0 aliphatic rings. The zero-order valence-corrected chi connectivity index (χ0v) is 11.0. The number of sulfonamides is 1. The second-order valence-electron chi connectivity index (χ2n) is 3.87. The molecule has 0 radical (unpaired) electrons. The monoisotopic (exact) mass is 274 g/mol. The number of hydrogen-bond donors (Lipinski definition) is 3. The number of benzene rings is 1. The molecule has 6 nitrogen and oxygen atoms in total. The SMILES string of the molecule is COc1cccc(CNCCCS(N)(=O)=O)c1O. The number of primary sulfonamides is 1. The summed E-state index contributed by atoms with van der Waals surface area (Å²) in [7, 11) is -1.91. The zero-order chi connectivity index (χ0) is 13.6. The van der Waals surface area contributed by atoms with E-state index in [-0.39, 0.29) is 11.5 Å². The third-order valence-corrected chi connectivity index (χ3v) is 3.26. The highest BCUT2D eigenvalue weighted by molar-refractivity contribution is 7.89. The minimum absolute atomic E-state index is 0.0515. The second kappa shape index (κ2) is 6.58. The maximum atomic E-state index is 10.7. The number of phenolic OH excluding ortho intramolecular Hbond substituents is 1. The number of nitrogens with one attached hydrogen (secondary N) is 1. The van der Waals surface area contributed by atoms with Crippen LogP contribution < -0.4 is 15.2 Å². The average molecular weight is 274 g/mol. The van der Waals surface area contributed by atoms with E-state index in [9.17, 15) is 13.5 Å². The van der Waals surface area contributed by atoms with Crippen molar-refractivity contribution < 1.29 is 18.3 Å². The molecule has 18 heavy (non-hydrogen) atoms. The molecule has 7 heteroatoms. The van der Waals surface area contributed by atoms with Gasteiger partial charge in [-0.3, -0.25) is 0 Å². The van der Waals surface area contributed by atoms with Crippen molar-refractivity contribution in [2.45, 2.75) is 13.0 Å². The van der Waals surface area contributed by atoms with E-state index in [4.69, 9.17) is 9.88 Å². The molecule has 0 amide bonds. The van der Waals surface area contributed by atoms with Crippen molar-refractivity contribution in [2.75, 3.05) is 19.4 Å². The van der Waals surface area contributed by atoms with Gasteiger partial charge in [-0.15, -0.1) is 0 Å². The Labute approximate surface area is 107 Å². The smallest absolute Gasteiger partial charge is 0.209 e. The van der Waals surface area contributed by atoms with E-state index in [1.807, 2.05) is 0 Å². The number of hydrogen-bond acceptors (Lipinski definition) is 5. The van der Waals surface area contributed by atoms with Gasteiger partial charge < -0.3 is 15.2 Å². The van der Waals surface area contributed by atoms with E-state index < -0.39 is 10.0 Å². The van der Waals surface area contributed by atoms with Gasteiger partial charge in [0.2, 0.25) is 10.0 Å². The highest BCUT2D eigenvalue weighted by Gasteiger charge is 2.06. The molecule has 1 aromatic rings. The van der Waals surface area contributed by atoms with Gasteiger partial charge in [0.15, 0.2) is 11.5 Å². The lowest BCUT2D eigenvalue weighted by atomic mass is 10.2. The molecule has 0 saturated heterocycles. The van der Waals surface area contributed by atoms with Gasteiger partial charge in [0.05, 0.1) is 12.9 Å². The fourth-order valence-corrected chi connectivity index (χ4v) is 2.04. The van der Waals surface area contributed by atoms with Gasteiger partial charge in [0.1, 0.15) is 0 Å². The van der Waals surface area contributed by atoms with Crippen LogP contribution in [0.5, 0.6) is 11.5 Å². The van der Waals surface area contributed by atoms with Crippen molar-refractivity contribution in [1.29, 1.82) is 0 Å². The van der Waals surface area contributed by atoms with Crippen molar-refractivity contribution >= 4 is 10.0 Å². The summed E-state index contributed by atoms with van der Waals surface area (Å²) >= 11 is 0. The summed E-state index contributed by atoms with van der Waals surface area (Å²) in [5.74, 6) is 0.460. The van der Waals surface area contributed by atoms with E-state index in [1.165, 1.54) is 7.11 Å². The van der Waals surface area contributed by atoms with E-state index in [1.54, 1.807) is 18.2 Å². The third-order valence-electron chi connectivity index (χ3n) is 2.40. The van der Waals surface area contributed by atoms with Crippen molar-refractivity contribution in [1.82, 2.24) is 5.32 Å². The van der Waals surface area contributed by atoms with Crippen LogP contribution in [0.4, 0.5) is 0 Å². The maximum Gasteiger partial charge on any atom is 0.209 e. The van der Waals surface area contributed by atoms with Crippen LogP contribution in [0.25, 0.3) is 0 Å². The van der Waals surface area contributed by atoms with Crippen molar-refractivity contribution in [2.24, 2.45) is 5.14 Å². The van der Waals surface area contributed by atoms with Crippen molar-refractivity contribution in [3.05, 3.63) is 23.8 Å². The summed E-state index contributed by atoms with van der Waals surface area (Å²) < 4.78 is 26.4. The fourth-order valence-electron chi connectivity index (χ4n) is 1.50. The number of ether oxygens (including phenoxy) is 1. The second-order valence-corrected chi connectivity index (χ2v) is 5.60. The van der Waals surface area contributed by atoms with Crippen molar-refractivity contribution in [3.8, 4) is 11.5 Å². The summed E-state index contributed by atoms with van der Waals surface area (Å²) in [5.41, 5.74) is 0.699. The van der Waals surface area contributed by atoms with Gasteiger partial charge in [-0.1, -0.05) is 12.1 Å². The van der Waals surface area contributed by atoms with Crippen LogP contribution in [0.1, 0.15) is 12.0 Å². The molecule has 102 valence electrons. The molecule has 0 bridgehead atoms. The predicted molar refractivity (Wildman–Crippen MR) is 69.0 cm³/mol. The number of para-hydroxylation sites is 1. The van der Waals surface area contributed by atoms with Crippen LogP contribution in [0.2, 0.25) is 0 Å². The summed E-state index contributed by atoms with van der Waals surface area (Å²) in [6.45, 7) is 0.945. The van der Waals surface area contributed by atoms with Crippen molar-refractivity contribution in [3.63, 3.8) is 0 Å². The molecule has 0 saturated carbocycles. The van der Waals surface area contributed by atoms with Crippen LogP contribution in [0, 0.1) is 0 Å². The van der Waals surface area contributed by atoms with Crippen LogP contribution in [0.3, 0.4) is 0 Å². The molecule has 1 rings (SSSR count). The Balaban J connectivity index is 2.40. The quantitative estimate of drug-likeness (QED) is 0.615.